The lowest BCUT2D eigenvalue weighted by Crippen LogP contribution is -2.36. The molecule has 0 spiro atoms. The van der Waals surface area contributed by atoms with Gasteiger partial charge in [-0.15, -0.1) is 0 Å². The molecular weight excluding hydrogens is 402 g/mol. The van der Waals surface area contributed by atoms with Gasteiger partial charge < -0.3 is 0 Å². The van der Waals surface area contributed by atoms with Crippen LogP contribution in [-0.4, -0.2) is 18.9 Å². The first-order valence-corrected chi connectivity index (χ1v) is 12.4. The fraction of sp³-hybridized carbons (Fsp3) is 0.462. The Kier molecular flexibility index (Phi) is 6.27. The second-order valence-electron chi connectivity index (χ2n) is 10.1. The molecule has 1 N–H and O–H groups in total. The third kappa shape index (κ3) is 5.39. The average molecular weight is 436 g/mol. The zero-order chi connectivity index (χ0) is 22.2. The maximum absolute atomic E-state index is 12.7. The molecule has 0 bridgehead atoms. The molecule has 1 aliphatic carbocycles. The molecule has 1 fully saturated rings. The van der Waals surface area contributed by atoms with Gasteiger partial charge in [0, 0.05) is 23.2 Å². The summed E-state index contributed by atoms with van der Waals surface area (Å²) in [5, 5.41) is 1.12. The smallest absolute Gasteiger partial charge is 0.0976 e. The molecule has 2 atom stereocenters. The van der Waals surface area contributed by atoms with Crippen LogP contribution in [0.1, 0.15) is 77.2 Å². The van der Waals surface area contributed by atoms with E-state index in [0.717, 1.165) is 23.0 Å². The van der Waals surface area contributed by atoms with Crippen molar-refractivity contribution >= 4 is 21.9 Å². The van der Waals surface area contributed by atoms with E-state index >= 15 is 0 Å². The van der Waals surface area contributed by atoms with E-state index < -0.39 is 11.0 Å². The van der Waals surface area contributed by atoms with Crippen molar-refractivity contribution in [3.63, 3.8) is 0 Å². The molecule has 1 saturated carbocycles. The Labute approximate surface area is 188 Å². The van der Waals surface area contributed by atoms with Crippen LogP contribution < -0.4 is 4.72 Å². The summed E-state index contributed by atoms with van der Waals surface area (Å²) in [7, 11) is -1.14. The van der Waals surface area contributed by atoms with Crippen LogP contribution in [0, 0.1) is 5.92 Å². The zero-order valence-corrected chi connectivity index (χ0v) is 20.0. The maximum atomic E-state index is 12.7. The molecule has 2 unspecified atom stereocenters. The molecule has 0 aliphatic heterocycles. The quantitative estimate of drug-likeness (QED) is 0.473. The van der Waals surface area contributed by atoms with Gasteiger partial charge >= 0.3 is 0 Å². The normalized spacial score (nSPS) is 16.6. The van der Waals surface area contributed by atoms with Crippen molar-refractivity contribution in [2.45, 2.75) is 70.6 Å². The van der Waals surface area contributed by atoms with Gasteiger partial charge in [-0.25, -0.2) is 8.93 Å². The highest BCUT2D eigenvalue weighted by atomic mass is 32.2. The summed E-state index contributed by atoms with van der Waals surface area (Å²) in [6, 6.07) is 14.9. The Morgan fingerprint density at radius 1 is 1.06 bits per heavy atom. The molecule has 4 nitrogen and oxygen atoms in total. The third-order valence-corrected chi connectivity index (χ3v) is 7.30. The first kappa shape index (κ1) is 22.1. The predicted molar refractivity (Wildman–Crippen MR) is 130 cm³/mol. The van der Waals surface area contributed by atoms with E-state index in [2.05, 4.69) is 66.0 Å². The first-order valence-electron chi connectivity index (χ1n) is 11.3. The first-order chi connectivity index (χ1) is 14.7. The summed E-state index contributed by atoms with van der Waals surface area (Å²) >= 11 is 0. The predicted octanol–water partition coefficient (Wildman–Crippen LogP) is 6.31. The molecule has 0 amide bonds. The van der Waals surface area contributed by atoms with Crippen LogP contribution in [0.5, 0.6) is 0 Å². The Morgan fingerprint density at radius 3 is 2.48 bits per heavy atom. The summed E-state index contributed by atoms with van der Waals surface area (Å²) < 4.78 is 15.8. The summed E-state index contributed by atoms with van der Waals surface area (Å²) in [5.74, 6) is 1.12. The lowest BCUT2D eigenvalue weighted by molar-refractivity contribution is 0.473. The van der Waals surface area contributed by atoms with E-state index in [1.54, 1.807) is 0 Å². The van der Waals surface area contributed by atoms with Gasteiger partial charge in [-0.3, -0.25) is 9.97 Å². The lowest BCUT2D eigenvalue weighted by Gasteiger charge is -2.25. The molecule has 0 radical (unpaired) electrons. The van der Waals surface area contributed by atoms with Gasteiger partial charge in [-0.05, 0) is 87.4 Å². The summed E-state index contributed by atoms with van der Waals surface area (Å²) in [4.78, 5) is 9.49. The highest BCUT2D eigenvalue weighted by molar-refractivity contribution is 7.84. The second kappa shape index (κ2) is 8.79. The number of fused-ring (bicyclic) bond motifs is 1. The van der Waals surface area contributed by atoms with Gasteiger partial charge in [-0.1, -0.05) is 26.0 Å². The topological polar surface area (TPSA) is 54.9 Å². The Bertz CT molecular complexity index is 1100. The Morgan fingerprint density at radius 2 is 1.81 bits per heavy atom. The van der Waals surface area contributed by atoms with Crippen LogP contribution >= 0.6 is 0 Å². The molecule has 164 valence electrons. The van der Waals surface area contributed by atoms with E-state index in [-0.39, 0.29) is 10.8 Å². The highest BCUT2D eigenvalue weighted by Gasteiger charge is 2.26. The van der Waals surface area contributed by atoms with Gasteiger partial charge in [0.15, 0.2) is 0 Å². The van der Waals surface area contributed by atoms with Crippen molar-refractivity contribution in [1.82, 2.24) is 14.7 Å². The van der Waals surface area contributed by atoms with Crippen LogP contribution in [0.25, 0.3) is 22.0 Å². The number of nitrogens with zero attached hydrogens (tertiary/aromatic N) is 2. The van der Waals surface area contributed by atoms with Crippen LogP contribution in [0.2, 0.25) is 0 Å². The van der Waals surface area contributed by atoms with Crippen molar-refractivity contribution in [2.24, 2.45) is 5.92 Å². The standard InChI is InChI=1S/C26H33N3OS/c1-17(2)14-25(29-31(30)26(3,4)5)23-11-9-21-15-19(8-10-22(21)28-23)20-12-13-27-24(16-20)18-6-7-18/h8-13,15-18,25,29H,6-7,14H2,1-5H3. The number of aromatic nitrogens is 2. The average Bonchev–Trinajstić information content (AvgIpc) is 3.57. The van der Waals surface area contributed by atoms with Gasteiger partial charge in [0.25, 0.3) is 0 Å². The molecular formula is C26H33N3OS. The number of hydrogen-bond acceptors (Lipinski definition) is 3. The fourth-order valence-corrected chi connectivity index (χ4v) is 4.58. The molecule has 5 heteroatoms. The highest BCUT2D eigenvalue weighted by Crippen LogP contribution is 2.40. The fourth-order valence-electron chi connectivity index (χ4n) is 3.75. The molecule has 3 aromatic rings. The monoisotopic (exact) mass is 435 g/mol. The number of benzene rings is 1. The van der Waals surface area contributed by atoms with Gasteiger partial charge in [0.05, 0.1) is 33.0 Å². The molecule has 1 aromatic carbocycles. The van der Waals surface area contributed by atoms with Crippen molar-refractivity contribution in [1.29, 1.82) is 0 Å². The number of pyridine rings is 2. The zero-order valence-electron chi connectivity index (χ0n) is 19.2. The van der Waals surface area contributed by atoms with Gasteiger partial charge in [0.2, 0.25) is 0 Å². The van der Waals surface area contributed by atoms with E-state index in [0.29, 0.717) is 11.8 Å². The van der Waals surface area contributed by atoms with Crippen molar-refractivity contribution in [3.05, 3.63) is 60.0 Å². The largest absolute Gasteiger partial charge is 0.261 e. The minimum absolute atomic E-state index is 0.0366. The summed E-state index contributed by atoms with van der Waals surface area (Å²) in [6.07, 6.45) is 5.32. The molecule has 1 aliphatic rings. The molecule has 4 rings (SSSR count). The van der Waals surface area contributed by atoms with E-state index in [1.165, 1.54) is 29.7 Å². The maximum Gasteiger partial charge on any atom is 0.0976 e. The number of rotatable bonds is 7. The van der Waals surface area contributed by atoms with Crippen molar-refractivity contribution < 1.29 is 4.21 Å². The minimum Gasteiger partial charge on any atom is -0.261 e. The second-order valence-corrected chi connectivity index (χ2v) is 12.1. The molecule has 31 heavy (non-hydrogen) atoms. The van der Waals surface area contributed by atoms with E-state index in [1.807, 2.05) is 27.0 Å². The SMILES string of the molecule is CC(C)CC(NS(=O)C(C)(C)C)c1ccc2cc(-c3ccnc(C4CC4)c3)ccc2n1. The van der Waals surface area contributed by atoms with Gasteiger partial charge in [0.1, 0.15) is 0 Å². The molecule has 2 heterocycles. The third-order valence-electron chi connectivity index (χ3n) is 5.69. The molecule has 0 saturated heterocycles. The summed E-state index contributed by atoms with van der Waals surface area (Å²) in [5.41, 5.74) is 5.53. The van der Waals surface area contributed by atoms with E-state index in [9.17, 15) is 4.21 Å². The molecule has 2 aromatic heterocycles. The summed E-state index contributed by atoms with van der Waals surface area (Å²) in [6.45, 7) is 10.3. The van der Waals surface area contributed by atoms with Gasteiger partial charge in [-0.2, -0.15) is 0 Å². The van der Waals surface area contributed by atoms with Crippen LogP contribution in [0.4, 0.5) is 0 Å². The van der Waals surface area contributed by atoms with E-state index in [4.69, 9.17) is 4.98 Å². The number of nitrogens with one attached hydrogen (secondary N) is 1. The Hall–Kier alpha value is -2.11. The van der Waals surface area contributed by atoms with Crippen molar-refractivity contribution in [2.75, 3.05) is 0 Å². The van der Waals surface area contributed by atoms with Crippen LogP contribution in [0.15, 0.2) is 48.7 Å². The van der Waals surface area contributed by atoms with Crippen molar-refractivity contribution in [3.8, 4) is 11.1 Å². The number of hydrogen-bond donors (Lipinski definition) is 1. The van der Waals surface area contributed by atoms with Crippen LogP contribution in [-0.2, 0) is 11.0 Å². The minimum atomic E-state index is -1.14. The Balaban J connectivity index is 1.63. The lowest BCUT2D eigenvalue weighted by atomic mass is 9.99. The van der Waals surface area contributed by atoms with Crippen LogP contribution in [0.3, 0.4) is 0 Å².